The van der Waals surface area contributed by atoms with Gasteiger partial charge in [-0.3, -0.25) is 4.79 Å². The molecule has 1 aromatic rings. The molecule has 1 amide bonds. The minimum Gasteiger partial charge on any atom is -0.467 e. The highest BCUT2D eigenvalue weighted by atomic mass is 16.3. The lowest BCUT2D eigenvalue weighted by Crippen LogP contribution is -2.51. The number of hydrogen-bond acceptors (Lipinski definition) is 3. The number of carbonyl (C=O) groups is 1. The van der Waals surface area contributed by atoms with E-state index in [1.165, 1.54) is 0 Å². The molecule has 16 heavy (non-hydrogen) atoms. The first kappa shape index (κ1) is 12.8. The second-order valence-corrected chi connectivity index (χ2v) is 4.38. The Morgan fingerprint density at radius 1 is 1.69 bits per heavy atom. The van der Waals surface area contributed by atoms with E-state index in [0.29, 0.717) is 6.42 Å². The number of nitrogens with two attached hydrogens (primary N) is 1. The predicted octanol–water partition coefficient (Wildman–Crippen LogP) is 1.97. The molecule has 0 saturated heterocycles. The molecule has 0 spiro atoms. The highest BCUT2D eigenvalue weighted by molar-refractivity contribution is 5.85. The maximum absolute atomic E-state index is 11.9. The fraction of sp³-hybridized carbons (Fsp3) is 0.583. The van der Waals surface area contributed by atoms with Gasteiger partial charge in [0.05, 0.1) is 17.8 Å². The Bertz CT molecular complexity index is 331. The number of rotatable bonds is 5. The molecule has 0 aliphatic heterocycles. The molecule has 0 bridgehead atoms. The molecule has 4 nitrogen and oxygen atoms in total. The minimum absolute atomic E-state index is 0.141. The van der Waals surface area contributed by atoms with Crippen molar-refractivity contribution in [2.75, 3.05) is 0 Å². The largest absolute Gasteiger partial charge is 0.467 e. The van der Waals surface area contributed by atoms with Crippen LogP contribution < -0.4 is 11.1 Å². The lowest BCUT2D eigenvalue weighted by atomic mass is 9.96. The molecule has 90 valence electrons. The van der Waals surface area contributed by atoms with Gasteiger partial charge in [0.2, 0.25) is 5.91 Å². The van der Waals surface area contributed by atoms with E-state index >= 15 is 0 Å². The van der Waals surface area contributed by atoms with Gasteiger partial charge in [-0.1, -0.05) is 13.3 Å². The molecule has 0 aliphatic rings. The molecule has 2 atom stereocenters. The number of amides is 1. The van der Waals surface area contributed by atoms with Gasteiger partial charge in [0.25, 0.3) is 0 Å². The van der Waals surface area contributed by atoms with E-state index in [-0.39, 0.29) is 11.9 Å². The van der Waals surface area contributed by atoms with Gasteiger partial charge in [-0.15, -0.1) is 0 Å². The van der Waals surface area contributed by atoms with E-state index in [0.717, 1.165) is 12.2 Å². The third-order valence-electron chi connectivity index (χ3n) is 2.61. The van der Waals surface area contributed by atoms with Crippen LogP contribution >= 0.6 is 0 Å². The van der Waals surface area contributed by atoms with E-state index < -0.39 is 5.54 Å². The third kappa shape index (κ3) is 3.10. The number of hydrogen-bond donors (Lipinski definition) is 2. The van der Waals surface area contributed by atoms with Crippen molar-refractivity contribution < 1.29 is 9.21 Å². The molecule has 1 heterocycles. The van der Waals surface area contributed by atoms with Crippen molar-refractivity contribution in [3.8, 4) is 0 Å². The van der Waals surface area contributed by atoms with E-state index in [1.807, 2.05) is 19.9 Å². The summed E-state index contributed by atoms with van der Waals surface area (Å²) in [5.74, 6) is 0.596. The van der Waals surface area contributed by atoms with Crippen LogP contribution in [0.2, 0.25) is 0 Å². The van der Waals surface area contributed by atoms with Gasteiger partial charge in [-0.25, -0.2) is 0 Å². The van der Waals surface area contributed by atoms with Crippen molar-refractivity contribution in [1.29, 1.82) is 0 Å². The number of nitrogens with one attached hydrogen (secondary N) is 1. The minimum atomic E-state index is -0.810. The Balaban J connectivity index is 2.57. The van der Waals surface area contributed by atoms with Crippen molar-refractivity contribution in [1.82, 2.24) is 5.32 Å². The summed E-state index contributed by atoms with van der Waals surface area (Å²) in [4.78, 5) is 11.9. The van der Waals surface area contributed by atoms with Crippen LogP contribution in [0.15, 0.2) is 22.8 Å². The van der Waals surface area contributed by atoms with Gasteiger partial charge in [-0.05, 0) is 32.4 Å². The first-order chi connectivity index (χ1) is 7.47. The van der Waals surface area contributed by atoms with Gasteiger partial charge in [0.15, 0.2) is 0 Å². The quantitative estimate of drug-likeness (QED) is 0.803. The highest BCUT2D eigenvalue weighted by Gasteiger charge is 2.28. The highest BCUT2D eigenvalue weighted by Crippen LogP contribution is 2.15. The lowest BCUT2D eigenvalue weighted by Gasteiger charge is -2.24. The molecule has 4 heteroatoms. The summed E-state index contributed by atoms with van der Waals surface area (Å²) in [5.41, 5.74) is 5.12. The van der Waals surface area contributed by atoms with E-state index in [4.69, 9.17) is 10.2 Å². The van der Waals surface area contributed by atoms with E-state index in [2.05, 4.69) is 5.32 Å². The summed E-state index contributed by atoms with van der Waals surface area (Å²) in [6, 6.07) is 3.48. The summed E-state index contributed by atoms with van der Waals surface area (Å²) in [6.45, 7) is 5.63. The molecule has 1 aromatic heterocycles. The first-order valence-electron chi connectivity index (χ1n) is 5.60. The molecule has 0 saturated carbocycles. The van der Waals surface area contributed by atoms with Crippen molar-refractivity contribution >= 4 is 5.91 Å². The first-order valence-corrected chi connectivity index (χ1v) is 5.60. The summed E-state index contributed by atoms with van der Waals surface area (Å²) < 4.78 is 5.21. The normalized spacial score (nSPS) is 16.5. The summed E-state index contributed by atoms with van der Waals surface area (Å²) in [5, 5.41) is 2.85. The molecule has 0 radical (unpaired) electrons. The van der Waals surface area contributed by atoms with Crippen LogP contribution in [-0.4, -0.2) is 11.4 Å². The van der Waals surface area contributed by atoms with Crippen molar-refractivity contribution in [3.05, 3.63) is 24.2 Å². The van der Waals surface area contributed by atoms with Crippen LogP contribution in [0.3, 0.4) is 0 Å². The fourth-order valence-corrected chi connectivity index (χ4v) is 1.60. The Kier molecular flexibility index (Phi) is 4.12. The lowest BCUT2D eigenvalue weighted by molar-refractivity contribution is -0.126. The van der Waals surface area contributed by atoms with E-state index in [1.54, 1.807) is 19.3 Å². The molecule has 0 aliphatic carbocycles. The number of carbonyl (C=O) groups excluding carboxylic acids is 1. The van der Waals surface area contributed by atoms with Crippen molar-refractivity contribution in [2.45, 2.75) is 45.2 Å². The van der Waals surface area contributed by atoms with Gasteiger partial charge < -0.3 is 15.5 Å². The predicted molar refractivity (Wildman–Crippen MR) is 62.8 cm³/mol. The molecule has 0 fully saturated rings. The van der Waals surface area contributed by atoms with Gasteiger partial charge in [0.1, 0.15) is 5.76 Å². The van der Waals surface area contributed by atoms with Gasteiger partial charge in [0, 0.05) is 0 Å². The zero-order valence-corrected chi connectivity index (χ0v) is 10.1. The maximum Gasteiger partial charge on any atom is 0.240 e. The van der Waals surface area contributed by atoms with Crippen LogP contribution in [0.5, 0.6) is 0 Å². The molecule has 2 unspecified atom stereocenters. The Morgan fingerprint density at radius 3 is 2.88 bits per heavy atom. The van der Waals surface area contributed by atoms with Crippen LogP contribution in [0.4, 0.5) is 0 Å². The molecule has 0 aromatic carbocycles. The van der Waals surface area contributed by atoms with Gasteiger partial charge in [-0.2, -0.15) is 0 Å². The smallest absolute Gasteiger partial charge is 0.240 e. The SMILES string of the molecule is CCCC(C)(N)C(=O)NC(C)c1ccco1. The molecule has 3 N–H and O–H groups in total. The van der Waals surface area contributed by atoms with E-state index in [9.17, 15) is 4.79 Å². The van der Waals surface area contributed by atoms with Crippen molar-refractivity contribution in [2.24, 2.45) is 5.73 Å². The zero-order chi connectivity index (χ0) is 12.2. The van der Waals surface area contributed by atoms with Crippen LogP contribution in [0.25, 0.3) is 0 Å². The molecule has 1 rings (SSSR count). The average molecular weight is 224 g/mol. The standard InChI is InChI=1S/C12H20N2O2/c1-4-7-12(3,13)11(15)14-9(2)10-6-5-8-16-10/h5-6,8-9H,4,7,13H2,1-3H3,(H,14,15). The third-order valence-corrected chi connectivity index (χ3v) is 2.61. The Labute approximate surface area is 96.2 Å². The van der Waals surface area contributed by atoms with Crippen LogP contribution in [0, 0.1) is 0 Å². The summed E-state index contributed by atoms with van der Waals surface area (Å²) in [7, 11) is 0. The summed E-state index contributed by atoms with van der Waals surface area (Å²) >= 11 is 0. The van der Waals surface area contributed by atoms with Crippen LogP contribution in [-0.2, 0) is 4.79 Å². The molecular formula is C12H20N2O2. The molecular weight excluding hydrogens is 204 g/mol. The fourth-order valence-electron chi connectivity index (χ4n) is 1.60. The second-order valence-electron chi connectivity index (χ2n) is 4.38. The number of furan rings is 1. The zero-order valence-electron chi connectivity index (χ0n) is 10.1. The topological polar surface area (TPSA) is 68.3 Å². The Hall–Kier alpha value is -1.29. The van der Waals surface area contributed by atoms with Crippen LogP contribution in [0.1, 0.15) is 45.4 Å². The van der Waals surface area contributed by atoms with Gasteiger partial charge >= 0.3 is 0 Å². The Morgan fingerprint density at radius 2 is 2.38 bits per heavy atom. The monoisotopic (exact) mass is 224 g/mol. The summed E-state index contributed by atoms with van der Waals surface area (Å²) in [6.07, 6.45) is 3.14. The maximum atomic E-state index is 11.9. The van der Waals surface area contributed by atoms with Crippen molar-refractivity contribution in [3.63, 3.8) is 0 Å². The average Bonchev–Trinajstić information content (AvgIpc) is 2.70. The second kappa shape index (κ2) is 5.16.